The van der Waals surface area contributed by atoms with Crippen LogP contribution in [0.4, 0.5) is 5.69 Å². The second kappa shape index (κ2) is 5.54. The van der Waals surface area contributed by atoms with Gasteiger partial charge >= 0.3 is 0 Å². The van der Waals surface area contributed by atoms with Crippen molar-refractivity contribution in [3.63, 3.8) is 0 Å². The number of rotatable bonds is 6. The topological polar surface area (TPSA) is 15.3 Å². The van der Waals surface area contributed by atoms with Crippen LogP contribution in [0.3, 0.4) is 0 Å². The second-order valence-electron chi connectivity index (χ2n) is 5.49. The van der Waals surface area contributed by atoms with Crippen molar-refractivity contribution < 1.29 is 0 Å². The number of hydrogen-bond acceptors (Lipinski definition) is 2. The lowest BCUT2D eigenvalue weighted by molar-refractivity contribution is 0.588. The van der Waals surface area contributed by atoms with Crippen LogP contribution in [0.5, 0.6) is 0 Å². The summed E-state index contributed by atoms with van der Waals surface area (Å²) >= 11 is 0. The highest BCUT2D eigenvalue weighted by molar-refractivity contribution is 5.53. The molecule has 0 saturated heterocycles. The molecule has 0 radical (unpaired) electrons. The van der Waals surface area contributed by atoms with Gasteiger partial charge in [-0.05, 0) is 30.4 Å². The van der Waals surface area contributed by atoms with E-state index in [1.54, 1.807) is 0 Å². The van der Waals surface area contributed by atoms with Gasteiger partial charge in [-0.3, -0.25) is 0 Å². The molecule has 0 bridgehead atoms. The Morgan fingerprint density at radius 2 is 2.00 bits per heavy atom. The minimum absolute atomic E-state index is 0.539. The molecule has 94 valence electrons. The highest BCUT2D eigenvalue weighted by Gasteiger charge is 2.23. The average molecular weight is 232 g/mol. The molecule has 0 aromatic heterocycles. The molecule has 2 rings (SSSR count). The lowest BCUT2D eigenvalue weighted by Crippen LogP contribution is -2.25. The van der Waals surface area contributed by atoms with Crippen molar-refractivity contribution in [1.29, 1.82) is 0 Å². The smallest absolute Gasteiger partial charge is 0.0409 e. The fourth-order valence-electron chi connectivity index (χ4n) is 2.13. The van der Waals surface area contributed by atoms with Crippen LogP contribution in [0, 0.1) is 5.92 Å². The third kappa shape index (κ3) is 3.74. The molecule has 0 atom stereocenters. The zero-order chi connectivity index (χ0) is 12.3. The van der Waals surface area contributed by atoms with Crippen molar-refractivity contribution in [1.82, 2.24) is 5.32 Å². The van der Waals surface area contributed by atoms with Gasteiger partial charge in [0.2, 0.25) is 0 Å². The Morgan fingerprint density at radius 3 is 2.65 bits per heavy atom. The van der Waals surface area contributed by atoms with Crippen molar-refractivity contribution in [2.75, 3.05) is 18.5 Å². The van der Waals surface area contributed by atoms with Crippen molar-refractivity contribution in [3.05, 3.63) is 29.8 Å². The minimum atomic E-state index is 0.539. The molecule has 1 fully saturated rings. The van der Waals surface area contributed by atoms with E-state index in [-0.39, 0.29) is 0 Å². The Kier molecular flexibility index (Phi) is 4.06. The molecule has 2 nitrogen and oxygen atoms in total. The Balaban J connectivity index is 2.02. The van der Waals surface area contributed by atoms with Gasteiger partial charge in [-0.2, -0.15) is 0 Å². The summed E-state index contributed by atoms with van der Waals surface area (Å²) in [5.74, 6) is 0.936. The molecule has 1 saturated carbocycles. The first kappa shape index (κ1) is 12.4. The van der Waals surface area contributed by atoms with E-state index in [1.807, 2.05) is 0 Å². The van der Waals surface area contributed by atoms with Crippen LogP contribution in [-0.4, -0.2) is 19.6 Å². The maximum absolute atomic E-state index is 3.50. The summed E-state index contributed by atoms with van der Waals surface area (Å²) in [6, 6.07) is 9.27. The van der Waals surface area contributed by atoms with Gasteiger partial charge in [-0.1, -0.05) is 32.0 Å². The van der Waals surface area contributed by atoms with Gasteiger partial charge < -0.3 is 10.2 Å². The molecule has 0 heterocycles. The van der Waals surface area contributed by atoms with Crippen LogP contribution in [0.25, 0.3) is 0 Å². The van der Waals surface area contributed by atoms with E-state index < -0.39 is 0 Å². The number of benzene rings is 1. The molecule has 0 unspecified atom stereocenters. The van der Waals surface area contributed by atoms with Crippen LogP contribution in [0.2, 0.25) is 0 Å². The van der Waals surface area contributed by atoms with E-state index in [2.05, 4.69) is 55.4 Å². The van der Waals surface area contributed by atoms with Crippen LogP contribution in [0.15, 0.2) is 24.3 Å². The van der Waals surface area contributed by atoms with E-state index in [4.69, 9.17) is 0 Å². The van der Waals surface area contributed by atoms with Crippen LogP contribution >= 0.6 is 0 Å². The van der Waals surface area contributed by atoms with Gasteiger partial charge in [-0.15, -0.1) is 0 Å². The van der Waals surface area contributed by atoms with Crippen molar-refractivity contribution in [2.24, 2.45) is 5.92 Å². The lowest BCUT2D eigenvalue weighted by Gasteiger charge is -2.23. The van der Waals surface area contributed by atoms with Gasteiger partial charge in [0, 0.05) is 31.9 Å². The van der Waals surface area contributed by atoms with Crippen molar-refractivity contribution in [2.45, 2.75) is 39.3 Å². The second-order valence-corrected chi connectivity index (χ2v) is 5.49. The number of nitrogens with zero attached hydrogens (tertiary/aromatic N) is 1. The van der Waals surface area contributed by atoms with E-state index in [1.165, 1.54) is 30.6 Å². The van der Waals surface area contributed by atoms with Gasteiger partial charge in [0.15, 0.2) is 0 Å². The molecular formula is C15H24N2. The van der Waals surface area contributed by atoms with Crippen molar-refractivity contribution >= 4 is 5.69 Å². The molecule has 2 heteroatoms. The summed E-state index contributed by atoms with van der Waals surface area (Å²) in [7, 11) is 2.21. The molecule has 17 heavy (non-hydrogen) atoms. The molecule has 0 amide bonds. The largest absolute Gasteiger partial charge is 0.374 e. The predicted molar refractivity (Wildman–Crippen MR) is 74.4 cm³/mol. The average Bonchev–Trinajstić information content (AvgIpc) is 3.10. The molecule has 1 N–H and O–H groups in total. The Labute approximate surface area is 105 Å². The first-order chi connectivity index (χ1) is 8.16. The van der Waals surface area contributed by atoms with Crippen LogP contribution in [-0.2, 0) is 6.54 Å². The molecule has 0 aliphatic heterocycles. The van der Waals surface area contributed by atoms with Crippen LogP contribution in [0.1, 0.15) is 32.3 Å². The quantitative estimate of drug-likeness (QED) is 0.811. The number of hydrogen-bond donors (Lipinski definition) is 1. The highest BCUT2D eigenvalue weighted by atomic mass is 15.1. The number of anilines is 1. The zero-order valence-corrected chi connectivity index (χ0v) is 11.2. The monoisotopic (exact) mass is 232 g/mol. The number of nitrogens with one attached hydrogen (secondary N) is 1. The highest BCUT2D eigenvalue weighted by Crippen LogP contribution is 2.31. The van der Waals surface area contributed by atoms with Crippen LogP contribution < -0.4 is 10.2 Å². The first-order valence-electron chi connectivity index (χ1n) is 6.69. The molecule has 0 spiro atoms. The fourth-order valence-corrected chi connectivity index (χ4v) is 2.13. The third-order valence-electron chi connectivity index (χ3n) is 3.33. The Hall–Kier alpha value is -1.02. The maximum Gasteiger partial charge on any atom is 0.0409 e. The zero-order valence-electron chi connectivity index (χ0n) is 11.2. The van der Waals surface area contributed by atoms with E-state index >= 15 is 0 Å². The molecule has 1 aliphatic rings. The summed E-state index contributed by atoms with van der Waals surface area (Å²) in [5.41, 5.74) is 2.79. The summed E-state index contributed by atoms with van der Waals surface area (Å²) in [6.07, 6.45) is 2.83. The summed E-state index contributed by atoms with van der Waals surface area (Å²) < 4.78 is 0. The number of para-hydroxylation sites is 1. The third-order valence-corrected chi connectivity index (χ3v) is 3.33. The van der Waals surface area contributed by atoms with Gasteiger partial charge in [0.05, 0.1) is 0 Å². The minimum Gasteiger partial charge on any atom is -0.374 e. The van der Waals surface area contributed by atoms with E-state index in [9.17, 15) is 0 Å². The maximum atomic E-state index is 3.50. The van der Waals surface area contributed by atoms with Crippen molar-refractivity contribution in [3.8, 4) is 0 Å². The van der Waals surface area contributed by atoms with Gasteiger partial charge in [0.1, 0.15) is 0 Å². The Bertz CT molecular complexity index is 356. The molecule has 1 aromatic rings. The first-order valence-corrected chi connectivity index (χ1v) is 6.69. The molecule has 1 aliphatic carbocycles. The summed E-state index contributed by atoms with van der Waals surface area (Å²) in [6.45, 7) is 6.55. The van der Waals surface area contributed by atoms with Gasteiger partial charge in [-0.25, -0.2) is 0 Å². The summed E-state index contributed by atoms with van der Waals surface area (Å²) in [5, 5.41) is 3.50. The fraction of sp³-hybridized carbons (Fsp3) is 0.600. The summed E-state index contributed by atoms with van der Waals surface area (Å²) in [4.78, 5) is 2.41. The molecule has 1 aromatic carbocycles. The van der Waals surface area contributed by atoms with E-state index in [0.717, 1.165) is 12.5 Å². The standard InChI is InChI=1S/C15H24N2/c1-12(2)16-10-14-6-4-5-7-15(14)17(3)11-13-8-9-13/h4-7,12-13,16H,8-11H2,1-3H3. The van der Waals surface area contributed by atoms with E-state index in [0.29, 0.717) is 6.04 Å². The lowest BCUT2D eigenvalue weighted by atomic mass is 10.1. The molecular weight excluding hydrogens is 208 g/mol. The normalized spacial score (nSPS) is 15.3. The Morgan fingerprint density at radius 1 is 1.29 bits per heavy atom. The SMILES string of the molecule is CC(C)NCc1ccccc1N(C)CC1CC1. The predicted octanol–water partition coefficient (Wildman–Crippen LogP) is 3.03. The van der Waals surface area contributed by atoms with Gasteiger partial charge in [0.25, 0.3) is 0 Å².